The highest BCUT2D eigenvalue weighted by atomic mass is 79.9. The average Bonchev–Trinajstić information content (AvgIpc) is 2.47. The minimum Gasteiger partial charge on any atom is -0.496 e. The second-order valence-electron chi connectivity index (χ2n) is 6.13. The SMILES string of the molecule is COc1ccc(C(=O)CN2CCC(C(C)C)CC2)cc1Br. The molecule has 1 aliphatic rings. The standard InChI is InChI=1S/C17H24BrNO2/c1-12(2)13-6-8-19(9-7-13)11-16(20)14-4-5-17(21-3)15(18)10-14/h4-5,10,12-13H,6-9,11H2,1-3H3. The van der Waals surface area contributed by atoms with Crippen molar-refractivity contribution in [3.63, 3.8) is 0 Å². The van der Waals surface area contributed by atoms with E-state index in [9.17, 15) is 4.79 Å². The van der Waals surface area contributed by atoms with Gasteiger partial charge in [0.05, 0.1) is 18.1 Å². The van der Waals surface area contributed by atoms with Crippen molar-refractivity contribution in [3.8, 4) is 5.75 Å². The lowest BCUT2D eigenvalue weighted by Gasteiger charge is -2.33. The van der Waals surface area contributed by atoms with Gasteiger partial charge in [0.15, 0.2) is 5.78 Å². The summed E-state index contributed by atoms with van der Waals surface area (Å²) in [5.41, 5.74) is 0.744. The quantitative estimate of drug-likeness (QED) is 0.749. The van der Waals surface area contributed by atoms with Gasteiger partial charge in [0.2, 0.25) is 0 Å². The topological polar surface area (TPSA) is 29.5 Å². The molecule has 0 atom stereocenters. The van der Waals surface area contributed by atoms with Gasteiger partial charge >= 0.3 is 0 Å². The predicted octanol–water partition coefficient (Wildman–Crippen LogP) is 4.01. The van der Waals surface area contributed by atoms with Gasteiger partial charge in [0, 0.05) is 5.56 Å². The molecule has 3 nitrogen and oxygen atoms in total. The van der Waals surface area contributed by atoms with Gasteiger partial charge in [-0.05, 0) is 71.9 Å². The summed E-state index contributed by atoms with van der Waals surface area (Å²) in [4.78, 5) is 14.7. The van der Waals surface area contributed by atoms with Crippen LogP contribution < -0.4 is 4.74 Å². The zero-order chi connectivity index (χ0) is 15.4. The molecule has 1 saturated heterocycles. The van der Waals surface area contributed by atoms with E-state index >= 15 is 0 Å². The number of nitrogens with zero attached hydrogens (tertiary/aromatic N) is 1. The molecule has 1 aromatic carbocycles. The largest absolute Gasteiger partial charge is 0.496 e. The molecule has 0 amide bonds. The molecular weight excluding hydrogens is 330 g/mol. The molecule has 0 aliphatic carbocycles. The third-order valence-corrected chi connectivity index (χ3v) is 5.04. The molecule has 0 unspecified atom stereocenters. The first-order chi connectivity index (χ1) is 10.0. The summed E-state index contributed by atoms with van der Waals surface area (Å²) in [6.07, 6.45) is 2.41. The average molecular weight is 354 g/mol. The molecule has 1 aliphatic heterocycles. The number of likely N-dealkylation sites (tertiary alicyclic amines) is 1. The summed E-state index contributed by atoms with van der Waals surface area (Å²) >= 11 is 3.43. The van der Waals surface area contributed by atoms with Gasteiger partial charge in [-0.15, -0.1) is 0 Å². The Bertz CT molecular complexity index is 494. The van der Waals surface area contributed by atoms with Crippen LogP contribution in [-0.2, 0) is 0 Å². The molecule has 1 fully saturated rings. The van der Waals surface area contributed by atoms with Crippen LogP contribution in [-0.4, -0.2) is 37.4 Å². The van der Waals surface area contributed by atoms with Gasteiger partial charge in [0.1, 0.15) is 5.75 Å². The zero-order valence-corrected chi connectivity index (χ0v) is 14.6. The molecule has 0 saturated carbocycles. The maximum absolute atomic E-state index is 12.4. The molecule has 0 spiro atoms. The Kier molecular flexibility index (Phi) is 5.82. The monoisotopic (exact) mass is 353 g/mol. The Morgan fingerprint density at radius 2 is 2.05 bits per heavy atom. The molecule has 0 aromatic heterocycles. The lowest BCUT2D eigenvalue weighted by molar-refractivity contribution is 0.0880. The highest BCUT2D eigenvalue weighted by molar-refractivity contribution is 9.10. The van der Waals surface area contributed by atoms with Crippen LogP contribution in [0.1, 0.15) is 37.0 Å². The van der Waals surface area contributed by atoms with Crippen LogP contribution >= 0.6 is 15.9 Å². The third kappa shape index (κ3) is 4.30. The van der Waals surface area contributed by atoms with Crippen molar-refractivity contribution in [1.29, 1.82) is 0 Å². The fourth-order valence-electron chi connectivity index (χ4n) is 2.91. The van der Waals surface area contributed by atoms with E-state index in [4.69, 9.17) is 4.74 Å². The van der Waals surface area contributed by atoms with Crippen molar-refractivity contribution in [2.24, 2.45) is 11.8 Å². The van der Waals surface area contributed by atoms with E-state index in [0.29, 0.717) is 6.54 Å². The minimum absolute atomic E-state index is 0.182. The molecule has 0 radical (unpaired) electrons. The Balaban J connectivity index is 1.92. The van der Waals surface area contributed by atoms with Crippen LogP contribution in [0.5, 0.6) is 5.75 Å². The number of halogens is 1. The van der Waals surface area contributed by atoms with Crippen molar-refractivity contribution < 1.29 is 9.53 Å². The minimum atomic E-state index is 0.182. The third-order valence-electron chi connectivity index (χ3n) is 4.42. The van der Waals surface area contributed by atoms with E-state index < -0.39 is 0 Å². The Morgan fingerprint density at radius 1 is 1.38 bits per heavy atom. The van der Waals surface area contributed by atoms with Crippen molar-refractivity contribution in [2.75, 3.05) is 26.7 Å². The lowest BCUT2D eigenvalue weighted by atomic mass is 9.86. The number of ketones is 1. The molecule has 116 valence electrons. The molecule has 0 N–H and O–H groups in total. The van der Waals surface area contributed by atoms with E-state index in [-0.39, 0.29) is 5.78 Å². The van der Waals surface area contributed by atoms with Crippen molar-refractivity contribution in [1.82, 2.24) is 4.90 Å². The molecule has 4 heteroatoms. The summed E-state index contributed by atoms with van der Waals surface area (Å²) in [6, 6.07) is 5.52. The smallest absolute Gasteiger partial charge is 0.176 e. The molecule has 2 rings (SSSR count). The Morgan fingerprint density at radius 3 is 2.57 bits per heavy atom. The fraction of sp³-hybridized carbons (Fsp3) is 0.588. The van der Waals surface area contributed by atoms with E-state index in [2.05, 4.69) is 34.7 Å². The first kappa shape index (κ1) is 16.5. The van der Waals surface area contributed by atoms with Crippen molar-refractivity contribution in [2.45, 2.75) is 26.7 Å². The fourth-order valence-corrected chi connectivity index (χ4v) is 3.45. The molecule has 21 heavy (non-hydrogen) atoms. The number of Topliss-reactive ketones (excluding diaryl/α,β-unsaturated/α-hetero) is 1. The van der Waals surface area contributed by atoms with E-state index in [1.807, 2.05) is 18.2 Å². The number of methoxy groups -OCH3 is 1. The first-order valence-corrected chi connectivity index (χ1v) is 8.39. The highest BCUT2D eigenvalue weighted by Crippen LogP contribution is 2.27. The van der Waals surface area contributed by atoms with Crippen LogP contribution in [0.25, 0.3) is 0 Å². The van der Waals surface area contributed by atoms with Gasteiger partial charge in [-0.2, -0.15) is 0 Å². The summed E-state index contributed by atoms with van der Waals surface area (Å²) in [5, 5.41) is 0. The maximum atomic E-state index is 12.4. The summed E-state index contributed by atoms with van der Waals surface area (Å²) in [6.45, 7) is 7.17. The highest BCUT2D eigenvalue weighted by Gasteiger charge is 2.23. The van der Waals surface area contributed by atoms with Gasteiger partial charge < -0.3 is 4.74 Å². The Labute approximate surface area is 135 Å². The zero-order valence-electron chi connectivity index (χ0n) is 13.1. The number of benzene rings is 1. The second kappa shape index (κ2) is 7.41. The van der Waals surface area contributed by atoms with E-state index in [1.54, 1.807) is 7.11 Å². The normalized spacial score (nSPS) is 17.2. The molecule has 1 aromatic rings. The number of carbonyl (C=O) groups excluding carboxylic acids is 1. The lowest BCUT2D eigenvalue weighted by Crippen LogP contribution is -2.38. The van der Waals surface area contributed by atoms with Crippen LogP contribution in [0.4, 0.5) is 0 Å². The number of hydrogen-bond acceptors (Lipinski definition) is 3. The predicted molar refractivity (Wildman–Crippen MR) is 89.0 cm³/mol. The van der Waals surface area contributed by atoms with Gasteiger partial charge in [0.25, 0.3) is 0 Å². The van der Waals surface area contributed by atoms with Crippen LogP contribution in [0.3, 0.4) is 0 Å². The van der Waals surface area contributed by atoms with Gasteiger partial charge in [-0.3, -0.25) is 9.69 Å². The number of rotatable bonds is 5. The number of piperidine rings is 1. The van der Waals surface area contributed by atoms with Crippen LogP contribution in [0, 0.1) is 11.8 Å². The number of hydrogen-bond donors (Lipinski definition) is 0. The van der Waals surface area contributed by atoms with Gasteiger partial charge in [-0.1, -0.05) is 13.8 Å². The molecule has 1 heterocycles. The van der Waals surface area contributed by atoms with Crippen molar-refractivity contribution in [3.05, 3.63) is 28.2 Å². The molecular formula is C17H24BrNO2. The van der Waals surface area contributed by atoms with E-state index in [1.165, 1.54) is 12.8 Å². The Hall–Kier alpha value is -0.870. The second-order valence-corrected chi connectivity index (χ2v) is 6.98. The first-order valence-electron chi connectivity index (χ1n) is 7.60. The van der Waals surface area contributed by atoms with Crippen molar-refractivity contribution >= 4 is 21.7 Å². The number of ether oxygens (including phenoxy) is 1. The van der Waals surface area contributed by atoms with Gasteiger partial charge in [-0.25, -0.2) is 0 Å². The van der Waals surface area contributed by atoms with E-state index in [0.717, 1.165) is 40.7 Å². The summed E-state index contributed by atoms with van der Waals surface area (Å²) < 4.78 is 6.02. The van der Waals surface area contributed by atoms with Crippen LogP contribution in [0.2, 0.25) is 0 Å². The maximum Gasteiger partial charge on any atom is 0.176 e. The molecule has 0 bridgehead atoms. The van der Waals surface area contributed by atoms with Crippen LogP contribution in [0.15, 0.2) is 22.7 Å². The summed E-state index contributed by atoms with van der Waals surface area (Å²) in [5.74, 6) is 2.50. The summed E-state index contributed by atoms with van der Waals surface area (Å²) in [7, 11) is 1.63. The number of carbonyl (C=O) groups is 1.